The molecule has 1 amide bonds. The van der Waals surface area contributed by atoms with Crippen LogP contribution in [0, 0.1) is 11.8 Å². The lowest BCUT2D eigenvalue weighted by molar-refractivity contribution is -0.138. The summed E-state index contributed by atoms with van der Waals surface area (Å²) in [4.78, 5) is 38.4. The molecule has 7 nitrogen and oxygen atoms in total. The number of anilines is 1. The van der Waals surface area contributed by atoms with Crippen LogP contribution in [0.1, 0.15) is 30.9 Å². The summed E-state index contributed by atoms with van der Waals surface area (Å²) in [6, 6.07) is 7.33. The summed E-state index contributed by atoms with van der Waals surface area (Å²) < 4.78 is 1.91. The minimum Gasteiger partial charge on any atom is -0.341 e. The quantitative estimate of drug-likeness (QED) is 0.791. The fourth-order valence-corrected chi connectivity index (χ4v) is 5.15. The van der Waals surface area contributed by atoms with Crippen LogP contribution in [0.3, 0.4) is 0 Å². The number of hydrogen-bond donors (Lipinski definition) is 0. The highest BCUT2D eigenvalue weighted by Crippen LogP contribution is 2.36. The van der Waals surface area contributed by atoms with E-state index in [-0.39, 0.29) is 23.3 Å². The van der Waals surface area contributed by atoms with Crippen molar-refractivity contribution in [2.24, 2.45) is 11.8 Å². The second-order valence-corrected chi connectivity index (χ2v) is 8.28. The van der Waals surface area contributed by atoms with Gasteiger partial charge in [-0.3, -0.25) is 9.59 Å². The van der Waals surface area contributed by atoms with Crippen molar-refractivity contribution in [2.45, 2.75) is 31.7 Å². The van der Waals surface area contributed by atoms with Gasteiger partial charge in [0.1, 0.15) is 0 Å². The average Bonchev–Trinajstić information content (AvgIpc) is 2.75. The zero-order chi connectivity index (χ0) is 19.1. The minimum atomic E-state index is -0.00523. The Bertz CT molecular complexity index is 928. The fraction of sp³-hybridized carbons (Fsp3) is 0.524. The molecule has 2 fully saturated rings. The molecular formula is C21H25N5O2. The van der Waals surface area contributed by atoms with E-state index in [1.807, 2.05) is 22.8 Å². The van der Waals surface area contributed by atoms with E-state index in [1.54, 1.807) is 18.5 Å². The van der Waals surface area contributed by atoms with Crippen LogP contribution in [-0.4, -0.2) is 51.5 Å². The van der Waals surface area contributed by atoms with Gasteiger partial charge in [-0.05, 0) is 37.3 Å². The van der Waals surface area contributed by atoms with Crippen LogP contribution >= 0.6 is 0 Å². The SMILES string of the molecule is O=C(C1CCCN(c2ncccn2)C1)N1C[C@H]2C[C@@H](C1)c1cccc(=O)n1C2. The highest BCUT2D eigenvalue weighted by Gasteiger charge is 2.39. The van der Waals surface area contributed by atoms with E-state index >= 15 is 0 Å². The minimum absolute atomic E-state index is 0.00523. The Morgan fingerprint density at radius 2 is 1.89 bits per heavy atom. The molecule has 5 rings (SSSR count). The summed E-state index contributed by atoms with van der Waals surface area (Å²) >= 11 is 0. The molecule has 0 spiro atoms. The van der Waals surface area contributed by atoms with Crippen LogP contribution in [0.5, 0.6) is 0 Å². The number of pyridine rings is 1. The maximum atomic E-state index is 13.3. The molecule has 0 radical (unpaired) electrons. The predicted molar refractivity (Wildman–Crippen MR) is 105 cm³/mol. The van der Waals surface area contributed by atoms with Crippen LogP contribution in [0.15, 0.2) is 41.5 Å². The number of aromatic nitrogens is 3. The molecule has 2 bridgehead atoms. The third-order valence-electron chi connectivity index (χ3n) is 6.40. The number of hydrogen-bond acceptors (Lipinski definition) is 5. The lowest BCUT2D eigenvalue weighted by Crippen LogP contribution is -2.52. The van der Waals surface area contributed by atoms with Gasteiger partial charge in [0.25, 0.3) is 5.56 Å². The molecule has 3 aliphatic rings. The number of amides is 1. The van der Waals surface area contributed by atoms with Gasteiger partial charge in [-0.25, -0.2) is 9.97 Å². The zero-order valence-corrected chi connectivity index (χ0v) is 15.9. The van der Waals surface area contributed by atoms with E-state index in [2.05, 4.69) is 19.8 Å². The van der Waals surface area contributed by atoms with Gasteiger partial charge in [-0.2, -0.15) is 0 Å². The number of carbonyl (C=O) groups excluding carboxylic acids is 1. The number of rotatable bonds is 2. The first-order chi connectivity index (χ1) is 13.7. The molecule has 3 aliphatic heterocycles. The Morgan fingerprint density at radius 3 is 2.75 bits per heavy atom. The van der Waals surface area contributed by atoms with Gasteiger partial charge < -0.3 is 14.4 Å². The maximum absolute atomic E-state index is 13.3. The Hall–Kier alpha value is -2.70. The van der Waals surface area contributed by atoms with Crippen LogP contribution in [0.4, 0.5) is 5.95 Å². The van der Waals surface area contributed by atoms with Crippen molar-refractivity contribution < 1.29 is 4.79 Å². The third kappa shape index (κ3) is 3.08. The van der Waals surface area contributed by atoms with Crippen molar-refractivity contribution in [3.63, 3.8) is 0 Å². The summed E-state index contributed by atoms with van der Waals surface area (Å²) in [6.45, 7) is 3.79. The molecule has 2 saturated heterocycles. The predicted octanol–water partition coefficient (Wildman–Crippen LogP) is 1.50. The van der Waals surface area contributed by atoms with Gasteiger partial charge >= 0.3 is 0 Å². The van der Waals surface area contributed by atoms with E-state index in [0.29, 0.717) is 18.4 Å². The monoisotopic (exact) mass is 379 g/mol. The molecule has 2 aromatic heterocycles. The average molecular weight is 379 g/mol. The number of likely N-dealkylation sites (tertiary alicyclic amines) is 1. The Morgan fingerprint density at radius 1 is 1.04 bits per heavy atom. The van der Waals surface area contributed by atoms with Crippen LogP contribution in [0.2, 0.25) is 0 Å². The molecule has 28 heavy (non-hydrogen) atoms. The summed E-state index contributed by atoms with van der Waals surface area (Å²) in [6.07, 6.45) is 6.47. The van der Waals surface area contributed by atoms with Gasteiger partial charge in [0.15, 0.2) is 0 Å². The Kier molecular flexibility index (Phi) is 4.37. The zero-order valence-electron chi connectivity index (χ0n) is 15.9. The van der Waals surface area contributed by atoms with Crippen LogP contribution < -0.4 is 10.5 Å². The van der Waals surface area contributed by atoms with Crippen molar-refractivity contribution in [3.05, 3.63) is 52.7 Å². The van der Waals surface area contributed by atoms with Gasteiger partial charge in [0.05, 0.1) is 5.92 Å². The molecule has 2 aromatic rings. The molecule has 5 heterocycles. The summed E-state index contributed by atoms with van der Waals surface area (Å²) in [5.74, 6) is 1.59. The number of piperidine rings is 2. The Labute approximate surface area is 164 Å². The van der Waals surface area contributed by atoms with Gasteiger partial charge in [0, 0.05) is 62.8 Å². The van der Waals surface area contributed by atoms with Crippen molar-refractivity contribution in [2.75, 3.05) is 31.1 Å². The van der Waals surface area contributed by atoms with Crippen molar-refractivity contribution >= 4 is 11.9 Å². The van der Waals surface area contributed by atoms with Crippen LogP contribution in [-0.2, 0) is 11.3 Å². The van der Waals surface area contributed by atoms with E-state index < -0.39 is 0 Å². The number of nitrogens with zero attached hydrogens (tertiary/aromatic N) is 5. The van der Waals surface area contributed by atoms with Gasteiger partial charge in [-0.1, -0.05) is 6.07 Å². The fourth-order valence-electron chi connectivity index (χ4n) is 5.15. The van der Waals surface area contributed by atoms with Crippen molar-refractivity contribution in [1.82, 2.24) is 19.4 Å². The standard InChI is InChI=1S/C21H25N5O2/c27-19-6-1-5-18-17-10-15(12-26(18)19)11-25(14-17)20(28)16-4-2-9-24(13-16)21-22-7-3-8-23-21/h1,3,5-8,15-17H,2,4,9-14H2/t15-,16?,17+/m1/s1. The van der Waals surface area contributed by atoms with Crippen LogP contribution in [0.25, 0.3) is 0 Å². The smallest absolute Gasteiger partial charge is 0.250 e. The van der Waals surface area contributed by atoms with E-state index in [0.717, 1.165) is 51.1 Å². The lowest BCUT2D eigenvalue weighted by Gasteiger charge is -2.44. The molecule has 7 heteroatoms. The first kappa shape index (κ1) is 17.4. The molecule has 0 aliphatic carbocycles. The second kappa shape index (κ2) is 7.04. The normalized spacial score (nSPS) is 26.6. The van der Waals surface area contributed by atoms with E-state index in [4.69, 9.17) is 0 Å². The summed E-state index contributed by atoms with van der Waals surface area (Å²) in [5.41, 5.74) is 1.17. The van der Waals surface area contributed by atoms with Crippen molar-refractivity contribution in [3.8, 4) is 0 Å². The molecule has 0 saturated carbocycles. The first-order valence-electron chi connectivity index (χ1n) is 10.2. The van der Waals surface area contributed by atoms with E-state index in [9.17, 15) is 9.59 Å². The Balaban J connectivity index is 1.32. The number of fused-ring (bicyclic) bond motifs is 4. The maximum Gasteiger partial charge on any atom is 0.250 e. The molecule has 0 N–H and O–H groups in total. The largest absolute Gasteiger partial charge is 0.341 e. The van der Waals surface area contributed by atoms with Gasteiger partial charge in [0.2, 0.25) is 11.9 Å². The number of carbonyl (C=O) groups is 1. The summed E-state index contributed by atoms with van der Waals surface area (Å²) in [5, 5.41) is 0. The molecule has 0 aromatic carbocycles. The third-order valence-corrected chi connectivity index (χ3v) is 6.40. The second-order valence-electron chi connectivity index (χ2n) is 8.28. The molecule has 146 valence electrons. The summed E-state index contributed by atoms with van der Waals surface area (Å²) in [7, 11) is 0. The van der Waals surface area contributed by atoms with Gasteiger partial charge in [-0.15, -0.1) is 0 Å². The molecule has 3 atom stereocenters. The lowest BCUT2D eigenvalue weighted by atomic mass is 9.82. The first-order valence-corrected chi connectivity index (χ1v) is 10.2. The molecular weight excluding hydrogens is 354 g/mol. The van der Waals surface area contributed by atoms with Crippen molar-refractivity contribution in [1.29, 1.82) is 0 Å². The topological polar surface area (TPSA) is 71.3 Å². The highest BCUT2D eigenvalue weighted by atomic mass is 16.2. The highest BCUT2D eigenvalue weighted by molar-refractivity contribution is 5.80. The van der Waals surface area contributed by atoms with E-state index in [1.165, 1.54) is 0 Å². The molecule has 1 unspecified atom stereocenters.